The van der Waals surface area contributed by atoms with Gasteiger partial charge >= 0.3 is 0 Å². The van der Waals surface area contributed by atoms with Gasteiger partial charge in [0.2, 0.25) is 0 Å². The molecule has 0 aliphatic rings. The van der Waals surface area contributed by atoms with Gasteiger partial charge in [0.05, 0.1) is 0 Å². The zero-order valence-electron chi connectivity index (χ0n) is 11.7. The Labute approximate surface area is 121 Å². The van der Waals surface area contributed by atoms with E-state index >= 15 is 0 Å². The van der Waals surface area contributed by atoms with E-state index in [9.17, 15) is 4.39 Å². The number of rotatable bonds is 6. The minimum atomic E-state index is -0.633. The van der Waals surface area contributed by atoms with Crippen LogP contribution in [0.1, 0.15) is 37.2 Å². The number of benzene rings is 1. The molecule has 0 saturated heterocycles. The Balaban J connectivity index is 2.04. The summed E-state index contributed by atoms with van der Waals surface area (Å²) in [4.78, 5) is 4.12. The van der Waals surface area contributed by atoms with Gasteiger partial charge in [0.25, 0.3) is 5.89 Å². The zero-order chi connectivity index (χ0) is 15.2. The van der Waals surface area contributed by atoms with Crippen LogP contribution in [-0.4, -0.2) is 16.7 Å². The number of ether oxygens (including phenoxy) is 2. The third-order valence-electron chi connectivity index (χ3n) is 2.70. The quantitative estimate of drug-likeness (QED) is 0.814. The average molecular weight is 291 g/mol. The van der Waals surface area contributed by atoms with Gasteiger partial charge in [-0.05, 0) is 26.0 Å². The topological polar surface area (TPSA) is 81.2 Å². The van der Waals surface area contributed by atoms with E-state index < -0.39 is 5.82 Å². The summed E-state index contributed by atoms with van der Waals surface area (Å²) in [5.74, 6) is 0.140. The fraction of sp³-hybridized carbons (Fsp3) is 0.357. The highest BCUT2D eigenvalue weighted by molar-refractivity contribution is 5.43. The summed E-state index contributed by atoms with van der Waals surface area (Å²) in [6.07, 6.45) is -0.281. The third kappa shape index (κ3) is 3.55. The first-order chi connectivity index (χ1) is 10.2. The summed E-state index contributed by atoms with van der Waals surface area (Å²) in [6, 6.07) is 5.91. The molecule has 0 spiro atoms. The SMILES string of the molecule is CCO[C@@H](C)c1noc(COc2cccc(F)c2C#N)n1. The minimum Gasteiger partial charge on any atom is -0.482 e. The van der Waals surface area contributed by atoms with Crippen molar-refractivity contribution in [2.45, 2.75) is 26.6 Å². The fourth-order valence-corrected chi connectivity index (χ4v) is 1.69. The summed E-state index contributed by atoms with van der Waals surface area (Å²) < 4.78 is 29.1. The molecule has 0 aliphatic heterocycles. The first-order valence-electron chi connectivity index (χ1n) is 6.41. The van der Waals surface area contributed by atoms with Gasteiger partial charge in [-0.25, -0.2) is 4.39 Å². The normalized spacial score (nSPS) is 11.9. The Morgan fingerprint density at radius 3 is 3.00 bits per heavy atom. The molecule has 1 aromatic heterocycles. The Hall–Kier alpha value is -2.46. The van der Waals surface area contributed by atoms with Crippen LogP contribution in [0.2, 0.25) is 0 Å². The molecule has 0 aliphatic carbocycles. The highest BCUT2D eigenvalue weighted by atomic mass is 19.1. The maximum atomic E-state index is 13.4. The lowest BCUT2D eigenvalue weighted by molar-refractivity contribution is 0.0683. The van der Waals surface area contributed by atoms with E-state index in [2.05, 4.69) is 10.1 Å². The Bertz CT molecular complexity index is 651. The molecule has 0 unspecified atom stereocenters. The van der Waals surface area contributed by atoms with Gasteiger partial charge in [0, 0.05) is 6.61 Å². The number of halogens is 1. The number of nitrogens with zero attached hydrogens (tertiary/aromatic N) is 3. The molecule has 2 aromatic rings. The largest absolute Gasteiger partial charge is 0.482 e. The second-order valence-electron chi connectivity index (χ2n) is 4.16. The molecule has 6 nitrogen and oxygen atoms in total. The fourth-order valence-electron chi connectivity index (χ4n) is 1.69. The molecule has 1 aromatic carbocycles. The van der Waals surface area contributed by atoms with Crippen LogP contribution in [0.3, 0.4) is 0 Å². The van der Waals surface area contributed by atoms with E-state index in [1.54, 1.807) is 13.0 Å². The molecule has 0 fully saturated rings. The molecule has 0 amide bonds. The lowest BCUT2D eigenvalue weighted by atomic mass is 10.2. The third-order valence-corrected chi connectivity index (χ3v) is 2.70. The highest BCUT2D eigenvalue weighted by Crippen LogP contribution is 2.21. The van der Waals surface area contributed by atoms with Gasteiger partial charge in [0.15, 0.2) is 12.4 Å². The van der Waals surface area contributed by atoms with Crippen LogP contribution in [0.5, 0.6) is 5.75 Å². The molecule has 0 N–H and O–H groups in total. The van der Waals surface area contributed by atoms with E-state index in [-0.39, 0.29) is 29.9 Å². The number of aromatic nitrogens is 2. The standard InChI is InChI=1S/C14H14FN3O3/c1-3-19-9(2)14-17-13(21-18-14)8-20-12-6-4-5-11(15)10(12)7-16/h4-6,9H,3,8H2,1-2H3/t9-/m0/s1. The first-order valence-corrected chi connectivity index (χ1v) is 6.41. The lowest BCUT2D eigenvalue weighted by Crippen LogP contribution is -2.03. The van der Waals surface area contributed by atoms with Crippen molar-refractivity contribution in [1.82, 2.24) is 10.1 Å². The Kier molecular flexibility index (Phi) is 4.85. The van der Waals surface area contributed by atoms with Gasteiger partial charge in [0.1, 0.15) is 29.3 Å². The van der Waals surface area contributed by atoms with Crippen molar-refractivity contribution in [3.8, 4) is 11.8 Å². The molecule has 1 heterocycles. The van der Waals surface area contributed by atoms with Gasteiger partial charge in [-0.3, -0.25) is 0 Å². The van der Waals surface area contributed by atoms with E-state index in [1.807, 2.05) is 6.92 Å². The van der Waals surface area contributed by atoms with Crippen molar-refractivity contribution in [3.05, 3.63) is 41.3 Å². The predicted octanol–water partition coefficient (Wildman–Crippen LogP) is 2.76. The monoisotopic (exact) mass is 291 g/mol. The Morgan fingerprint density at radius 2 is 2.29 bits per heavy atom. The van der Waals surface area contributed by atoms with Gasteiger partial charge in [-0.15, -0.1) is 0 Å². The summed E-state index contributed by atoms with van der Waals surface area (Å²) in [5.41, 5.74) is -0.153. The van der Waals surface area contributed by atoms with E-state index in [0.29, 0.717) is 12.4 Å². The van der Waals surface area contributed by atoms with Crippen LogP contribution >= 0.6 is 0 Å². The first kappa shape index (κ1) is 14.9. The smallest absolute Gasteiger partial charge is 0.264 e. The van der Waals surface area contributed by atoms with Crippen molar-refractivity contribution in [2.75, 3.05) is 6.61 Å². The van der Waals surface area contributed by atoms with Crippen molar-refractivity contribution >= 4 is 0 Å². The van der Waals surface area contributed by atoms with Crippen molar-refractivity contribution in [1.29, 1.82) is 5.26 Å². The number of hydrogen-bond acceptors (Lipinski definition) is 6. The number of hydrogen-bond donors (Lipinski definition) is 0. The Morgan fingerprint density at radius 1 is 1.48 bits per heavy atom. The molecule has 21 heavy (non-hydrogen) atoms. The van der Waals surface area contributed by atoms with E-state index in [1.165, 1.54) is 18.2 Å². The van der Waals surface area contributed by atoms with Gasteiger partial charge in [-0.1, -0.05) is 11.2 Å². The lowest BCUT2D eigenvalue weighted by Gasteiger charge is -2.06. The highest BCUT2D eigenvalue weighted by Gasteiger charge is 2.15. The maximum Gasteiger partial charge on any atom is 0.264 e. The zero-order valence-corrected chi connectivity index (χ0v) is 11.7. The predicted molar refractivity (Wildman–Crippen MR) is 69.8 cm³/mol. The van der Waals surface area contributed by atoms with Crippen LogP contribution in [0.25, 0.3) is 0 Å². The second-order valence-corrected chi connectivity index (χ2v) is 4.16. The summed E-state index contributed by atoms with van der Waals surface area (Å²) in [7, 11) is 0. The molecular formula is C14H14FN3O3. The van der Waals surface area contributed by atoms with Crippen LogP contribution < -0.4 is 4.74 Å². The van der Waals surface area contributed by atoms with Crippen LogP contribution in [0.4, 0.5) is 4.39 Å². The molecule has 1 atom stereocenters. The van der Waals surface area contributed by atoms with Crippen molar-refractivity contribution in [3.63, 3.8) is 0 Å². The van der Waals surface area contributed by atoms with Crippen LogP contribution in [-0.2, 0) is 11.3 Å². The van der Waals surface area contributed by atoms with Crippen LogP contribution in [0.15, 0.2) is 22.7 Å². The molecule has 0 saturated carbocycles. The molecule has 110 valence electrons. The molecule has 0 bridgehead atoms. The maximum absolute atomic E-state index is 13.4. The minimum absolute atomic E-state index is 0.0516. The average Bonchev–Trinajstić information content (AvgIpc) is 2.94. The van der Waals surface area contributed by atoms with Gasteiger partial charge < -0.3 is 14.0 Å². The van der Waals surface area contributed by atoms with Crippen molar-refractivity contribution in [2.24, 2.45) is 0 Å². The van der Waals surface area contributed by atoms with Crippen molar-refractivity contribution < 1.29 is 18.4 Å². The van der Waals surface area contributed by atoms with E-state index in [4.69, 9.17) is 19.3 Å². The molecule has 2 rings (SSSR count). The summed E-state index contributed by atoms with van der Waals surface area (Å²) in [5, 5.41) is 12.7. The van der Waals surface area contributed by atoms with Crippen LogP contribution in [0, 0.1) is 17.1 Å². The number of nitriles is 1. The molecule has 7 heteroatoms. The summed E-state index contributed by atoms with van der Waals surface area (Å²) in [6.45, 7) is 4.16. The molecular weight excluding hydrogens is 277 g/mol. The van der Waals surface area contributed by atoms with E-state index in [0.717, 1.165) is 0 Å². The molecule has 0 radical (unpaired) electrons. The summed E-state index contributed by atoms with van der Waals surface area (Å²) >= 11 is 0. The van der Waals surface area contributed by atoms with Gasteiger partial charge in [-0.2, -0.15) is 10.2 Å². The second kappa shape index (κ2) is 6.81.